The van der Waals surface area contributed by atoms with Crippen LogP contribution in [0, 0.1) is 0 Å². The third-order valence-electron chi connectivity index (χ3n) is 4.11. The van der Waals surface area contributed by atoms with Gasteiger partial charge in [-0.1, -0.05) is 30.3 Å². The number of carbonyl (C=O) groups excluding carboxylic acids is 2. The van der Waals surface area contributed by atoms with E-state index in [4.69, 9.17) is 0 Å². The van der Waals surface area contributed by atoms with Crippen molar-refractivity contribution in [1.82, 2.24) is 10.6 Å². The molecule has 2 amide bonds. The summed E-state index contributed by atoms with van der Waals surface area (Å²) in [4.78, 5) is 23.4. The highest BCUT2D eigenvalue weighted by molar-refractivity contribution is 5.91. The number of nitrogens with one attached hydrogen (secondary N) is 2. The number of amides is 2. The van der Waals surface area contributed by atoms with Crippen molar-refractivity contribution in [2.45, 2.75) is 37.1 Å². The molecule has 0 aromatic heterocycles. The summed E-state index contributed by atoms with van der Waals surface area (Å²) in [6.07, 6.45) is 3.22. The summed E-state index contributed by atoms with van der Waals surface area (Å²) in [6.45, 7) is 0.541. The predicted octanol–water partition coefficient (Wildman–Crippen LogP) is 1.11. The normalized spacial score (nSPS) is 23.8. The molecule has 1 aromatic rings. The van der Waals surface area contributed by atoms with Gasteiger partial charge in [-0.2, -0.15) is 0 Å². The maximum atomic E-state index is 12.3. The zero-order valence-corrected chi connectivity index (χ0v) is 10.8. The molecule has 4 heteroatoms. The summed E-state index contributed by atoms with van der Waals surface area (Å²) < 4.78 is 0. The molecular formula is C15H18N2O2. The second kappa shape index (κ2) is 4.68. The molecule has 3 rings (SSSR count). The first-order valence-corrected chi connectivity index (χ1v) is 6.84. The van der Waals surface area contributed by atoms with Crippen LogP contribution in [0.4, 0.5) is 0 Å². The van der Waals surface area contributed by atoms with Crippen molar-refractivity contribution in [3.63, 3.8) is 0 Å². The summed E-state index contributed by atoms with van der Waals surface area (Å²) in [5, 5.41) is 5.86. The first-order valence-electron chi connectivity index (χ1n) is 6.84. The van der Waals surface area contributed by atoms with E-state index in [0.29, 0.717) is 13.0 Å². The van der Waals surface area contributed by atoms with Gasteiger partial charge in [0.1, 0.15) is 0 Å². The molecule has 2 aliphatic rings. The van der Waals surface area contributed by atoms with Crippen molar-refractivity contribution in [3.05, 3.63) is 35.9 Å². The van der Waals surface area contributed by atoms with Crippen LogP contribution in [0.25, 0.3) is 0 Å². The highest BCUT2D eigenvalue weighted by Gasteiger charge is 2.51. The lowest BCUT2D eigenvalue weighted by Gasteiger charge is -2.18. The Hall–Kier alpha value is -1.84. The van der Waals surface area contributed by atoms with Gasteiger partial charge in [0.15, 0.2) is 0 Å². The summed E-state index contributed by atoms with van der Waals surface area (Å²) in [5.74, 6) is 0.184. The van der Waals surface area contributed by atoms with E-state index in [-0.39, 0.29) is 23.3 Å². The highest BCUT2D eigenvalue weighted by atomic mass is 16.2. The quantitative estimate of drug-likeness (QED) is 0.850. The van der Waals surface area contributed by atoms with Crippen LogP contribution in [0.15, 0.2) is 30.3 Å². The molecule has 1 unspecified atom stereocenters. The van der Waals surface area contributed by atoms with Crippen LogP contribution in [-0.2, 0) is 15.0 Å². The summed E-state index contributed by atoms with van der Waals surface area (Å²) >= 11 is 0. The predicted molar refractivity (Wildman–Crippen MR) is 71.5 cm³/mol. The van der Waals surface area contributed by atoms with Gasteiger partial charge in [-0.25, -0.2) is 0 Å². The van der Waals surface area contributed by atoms with Gasteiger partial charge in [0, 0.05) is 19.0 Å². The fourth-order valence-corrected chi connectivity index (χ4v) is 2.74. The average Bonchev–Trinajstić information content (AvgIpc) is 3.15. The molecule has 19 heavy (non-hydrogen) atoms. The van der Waals surface area contributed by atoms with Crippen LogP contribution < -0.4 is 10.6 Å². The van der Waals surface area contributed by atoms with Crippen molar-refractivity contribution in [1.29, 1.82) is 0 Å². The summed E-state index contributed by atoms with van der Waals surface area (Å²) in [5.41, 5.74) is 0.784. The molecule has 1 atom stereocenters. The van der Waals surface area contributed by atoms with E-state index in [2.05, 4.69) is 10.6 Å². The van der Waals surface area contributed by atoms with Gasteiger partial charge in [0.05, 0.1) is 5.41 Å². The maximum absolute atomic E-state index is 12.3. The second-order valence-electron chi connectivity index (χ2n) is 5.46. The zero-order valence-electron chi connectivity index (χ0n) is 10.8. The van der Waals surface area contributed by atoms with Crippen LogP contribution in [0.3, 0.4) is 0 Å². The Labute approximate surface area is 112 Å². The molecule has 1 aliphatic heterocycles. The van der Waals surface area contributed by atoms with E-state index >= 15 is 0 Å². The van der Waals surface area contributed by atoms with E-state index in [0.717, 1.165) is 24.8 Å². The van der Waals surface area contributed by atoms with E-state index in [9.17, 15) is 9.59 Å². The molecule has 4 nitrogen and oxygen atoms in total. The van der Waals surface area contributed by atoms with Gasteiger partial charge in [-0.3, -0.25) is 9.59 Å². The largest absolute Gasteiger partial charge is 0.353 e. The molecule has 1 aromatic carbocycles. The number of hydrogen-bond donors (Lipinski definition) is 2. The van der Waals surface area contributed by atoms with Crippen molar-refractivity contribution >= 4 is 11.8 Å². The van der Waals surface area contributed by atoms with Crippen LogP contribution in [-0.4, -0.2) is 24.4 Å². The monoisotopic (exact) mass is 258 g/mol. The molecule has 1 saturated carbocycles. The van der Waals surface area contributed by atoms with E-state index < -0.39 is 0 Å². The molecular weight excluding hydrogens is 240 g/mol. The first-order chi connectivity index (χ1) is 9.21. The Bertz CT molecular complexity index is 494. The van der Waals surface area contributed by atoms with Crippen molar-refractivity contribution < 1.29 is 9.59 Å². The minimum atomic E-state index is -0.316. The molecule has 0 bridgehead atoms. The standard InChI is InChI=1S/C15H18N2O2/c18-13-7-6-12(17-13)10-16-14(19)15(8-9-15)11-4-2-1-3-5-11/h1-5,12H,6-10H2,(H,16,19)(H,17,18). The molecule has 0 radical (unpaired) electrons. The number of hydrogen-bond acceptors (Lipinski definition) is 2. The number of benzene rings is 1. The van der Waals surface area contributed by atoms with Crippen molar-refractivity contribution in [2.24, 2.45) is 0 Å². The number of rotatable bonds is 4. The third kappa shape index (κ3) is 2.35. The Morgan fingerprint density at radius 1 is 1.32 bits per heavy atom. The summed E-state index contributed by atoms with van der Waals surface area (Å²) in [7, 11) is 0. The molecule has 0 spiro atoms. The van der Waals surface area contributed by atoms with Gasteiger partial charge in [0.2, 0.25) is 11.8 Å². The van der Waals surface area contributed by atoms with Crippen molar-refractivity contribution in [3.8, 4) is 0 Å². The first kappa shape index (κ1) is 12.2. The fraction of sp³-hybridized carbons (Fsp3) is 0.467. The van der Waals surface area contributed by atoms with Gasteiger partial charge in [0.25, 0.3) is 0 Å². The lowest BCUT2D eigenvalue weighted by molar-refractivity contribution is -0.124. The molecule has 1 saturated heterocycles. The highest BCUT2D eigenvalue weighted by Crippen LogP contribution is 2.48. The molecule has 100 valence electrons. The van der Waals surface area contributed by atoms with Gasteiger partial charge in [-0.15, -0.1) is 0 Å². The molecule has 2 N–H and O–H groups in total. The van der Waals surface area contributed by atoms with Crippen molar-refractivity contribution in [2.75, 3.05) is 6.54 Å². The Morgan fingerprint density at radius 3 is 2.63 bits per heavy atom. The maximum Gasteiger partial charge on any atom is 0.230 e. The zero-order chi connectivity index (χ0) is 13.3. The minimum Gasteiger partial charge on any atom is -0.353 e. The van der Waals surface area contributed by atoms with Crippen LogP contribution in [0.1, 0.15) is 31.2 Å². The number of carbonyl (C=O) groups is 2. The van der Waals surface area contributed by atoms with Gasteiger partial charge in [-0.05, 0) is 24.8 Å². The van der Waals surface area contributed by atoms with Crippen LogP contribution in [0.5, 0.6) is 0 Å². The Kier molecular flexibility index (Phi) is 3.01. The lowest BCUT2D eigenvalue weighted by atomic mass is 9.95. The lowest BCUT2D eigenvalue weighted by Crippen LogP contribution is -2.42. The fourth-order valence-electron chi connectivity index (χ4n) is 2.74. The second-order valence-corrected chi connectivity index (χ2v) is 5.46. The van der Waals surface area contributed by atoms with E-state index in [1.165, 1.54) is 0 Å². The SMILES string of the molecule is O=C1CCC(CNC(=O)C2(c3ccccc3)CC2)N1. The summed E-state index contributed by atoms with van der Waals surface area (Å²) in [6, 6.07) is 10.0. The topological polar surface area (TPSA) is 58.2 Å². The smallest absolute Gasteiger partial charge is 0.230 e. The Morgan fingerprint density at radius 2 is 2.05 bits per heavy atom. The molecule has 1 aliphatic carbocycles. The van der Waals surface area contributed by atoms with Gasteiger partial charge >= 0.3 is 0 Å². The van der Waals surface area contributed by atoms with E-state index in [1.807, 2.05) is 30.3 Å². The minimum absolute atomic E-state index is 0.0865. The third-order valence-corrected chi connectivity index (χ3v) is 4.11. The van der Waals surface area contributed by atoms with Gasteiger partial charge < -0.3 is 10.6 Å². The van der Waals surface area contributed by atoms with Crippen LogP contribution in [0.2, 0.25) is 0 Å². The Balaban J connectivity index is 1.60. The van der Waals surface area contributed by atoms with E-state index in [1.54, 1.807) is 0 Å². The molecule has 2 fully saturated rings. The van der Waals surface area contributed by atoms with Crippen LogP contribution >= 0.6 is 0 Å². The average molecular weight is 258 g/mol. The molecule has 1 heterocycles.